The molecule has 0 spiro atoms. The van der Waals surface area contributed by atoms with E-state index < -0.39 is 6.04 Å². The van der Waals surface area contributed by atoms with Gasteiger partial charge in [0, 0.05) is 37.0 Å². The minimum Gasteiger partial charge on any atom is -0.353 e. The molecule has 3 N–H and O–H groups in total. The summed E-state index contributed by atoms with van der Waals surface area (Å²) in [6.45, 7) is 5.35. The standard InChI is InChI=1S/C20H26N4O2/c1-3-22-15(2)13-23-20(26)18(12-16-8-7-11-21-14-16)24-19(25)17-9-5-4-6-10-17/h4-11,14-15,18,22H,3,12-13H2,1-2H3,(H,23,26)(H,24,25)/t15-,18?/m1/s1. The lowest BCUT2D eigenvalue weighted by Gasteiger charge is -2.20. The molecule has 2 atom stereocenters. The van der Waals surface area contributed by atoms with Gasteiger partial charge in [-0.15, -0.1) is 0 Å². The number of hydrogen-bond donors (Lipinski definition) is 3. The van der Waals surface area contributed by atoms with Gasteiger partial charge in [-0.3, -0.25) is 14.6 Å². The first-order chi connectivity index (χ1) is 12.6. The minimum atomic E-state index is -0.666. The van der Waals surface area contributed by atoms with Gasteiger partial charge in [-0.25, -0.2) is 0 Å². The number of benzene rings is 1. The quantitative estimate of drug-likeness (QED) is 0.638. The summed E-state index contributed by atoms with van der Waals surface area (Å²) >= 11 is 0. The predicted molar refractivity (Wildman–Crippen MR) is 102 cm³/mol. The second-order valence-corrected chi connectivity index (χ2v) is 6.16. The molecule has 0 aliphatic rings. The first-order valence-electron chi connectivity index (χ1n) is 8.86. The molecule has 0 saturated carbocycles. The Balaban J connectivity index is 2.05. The van der Waals surface area contributed by atoms with Gasteiger partial charge in [-0.1, -0.05) is 31.2 Å². The molecule has 138 valence electrons. The van der Waals surface area contributed by atoms with Crippen molar-refractivity contribution in [2.24, 2.45) is 0 Å². The molecule has 0 radical (unpaired) electrons. The molecule has 2 aromatic rings. The van der Waals surface area contributed by atoms with Gasteiger partial charge in [0.1, 0.15) is 6.04 Å². The minimum absolute atomic E-state index is 0.160. The molecule has 0 aliphatic carbocycles. The summed E-state index contributed by atoms with van der Waals surface area (Å²) in [5.74, 6) is -0.475. The third-order valence-corrected chi connectivity index (χ3v) is 3.96. The Labute approximate surface area is 154 Å². The van der Waals surface area contributed by atoms with Crippen LogP contribution in [0, 0.1) is 0 Å². The summed E-state index contributed by atoms with van der Waals surface area (Å²) in [5.41, 5.74) is 1.42. The molecule has 0 aliphatic heterocycles. The van der Waals surface area contributed by atoms with Gasteiger partial charge in [0.05, 0.1) is 0 Å². The Morgan fingerprint density at radius 2 is 1.88 bits per heavy atom. The van der Waals surface area contributed by atoms with Crippen molar-refractivity contribution in [3.63, 3.8) is 0 Å². The Bertz CT molecular complexity index is 691. The van der Waals surface area contributed by atoms with Crippen molar-refractivity contribution in [3.8, 4) is 0 Å². The lowest BCUT2D eigenvalue weighted by molar-refractivity contribution is -0.123. The molecule has 0 fully saturated rings. The number of carbonyl (C=O) groups is 2. The molecule has 26 heavy (non-hydrogen) atoms. The van der Waals surface area contributed by atoms with Gasteiger partial charge >= 0.3 is 0 Å². The second-order valence-electron chi connectivity index (χ2n) is 6.16. The third-order valence-electron chi connectivity index (χ3n) is 3.96. The van der Waals surface area contributed by atoms with Crippen molar-refractivity contribution in [1.82, 2.24) is 20.9 Å². The molecule has 0 bridgehead atoms. The highest BCUT2D eigenvalue weighted by atomic mass is 16.2. The van der Waals surface area contributed by atoms with Crippen LogP contribution in [0.5, 0.6) is 0 Å². The summed E-state index contributed by atoms with van der Waals surface area (Å²) in [6, 6.07) is 12.1. The first kappa shape index (κ1) is 19.6. The van der Waals surface area contributed by atoms with Crippen molar-refractivity contribution in [1.29, 1.82) is 0 Å². The van der Waals surface area contributed by atoms with E-state index in [2.05, 4.69) is 20.9 Å². The van der Waals surface area contributed by atoms with E-state index in [4.69, 9.17) is 0 Å². The SMILES string of the molecule is CCN[C@H](C)CNC(=O)C(Cc1cccnc1)NC(=O)c1ccccc1. The van der Waals surface area contributed by atoms with Crippen molar-refractivity contribution in [2.75, 3.05) is 13.1 Å². The zero-order valence-corrected chi connectivity index (χ0v) is 15.2. The van der Waals surface area contributed by atoms with Gasteiger partial charge in [0.2, 0.25) is 5.91 Å². The molecule has 2 rings (SSSR count). The molecule has 1 heterocycles. The van der Waals surface area contributed by atoms with Crippen molar-refractivity contribution < 1.29 is 9.59 Å². The van der Waals surface area contributed by atoms with Crippen LogP contribution >= 0.6 is 0 Å². The number of pyridine rings is 1. The summed E-state index contributed by atoms with van der Waals surface area (Å²) in [7, 11) is 0. The monoisotopic (exact) mass is 354 g/mol. The Kier molecular flexibility index (Phi) is 7.76. The van der Waals surface area contributed by atoms with E-state index in [1.807, 2.05) is 32.0 Å². The molecular formula is C20H26N4O2. The lowest BCUT2D eigenvalue weighted by Crippen LogP contribution is -2.50. The second kappa shape index (κ2) is 10.3. The highest BCUT2D eigenvalue weighted by Crippen LogP contribution is 2.05. The van der Waals surface area contributed by atoms with E-state index in [-0.39, 0.29) is 17.9 Å². The first-order valence-corrected chi connectivity index (χ1v) is 8.86. The fraction of sp³-hybridized carbons (Fsp3) is 0.350. The number of carbonyl (C=O) groups excluding carboxylic acids is 2. The maximum absolute atomic E-state index is 12.6. The summed E-state index contributed by atoms with van der Waals surface area (Å²) < 4.78 is 0. The predicted octanol–water partition coefficient (Wildman–Crippen LogP) is 1.54. The van der Waals surface area contributed by atoms with Crippen molar-refractivity contribution in [3.05, 3.63) is 66.0 Å². The number of rotatable bonds is 9. The fourth-order valence-corrected chi connectivity index (χ4v) is 2.59. The van der Waals surface area contributed by atoms with Crippen LogP contribution in [0.3, 0.4) is 0 Å². The van der Waals surface area contributed by atoms with Gasteiger partial charge in [-0.2, -0.15) is 0 Å². The molecule has 1 aromatic carbocycles. The Morgan fingerprint density at radius 1 is 1.12 bits per heavy atom. The lowest BCUT2D eigenvalue weighted by atomic mass is 10.1. The van der Waals surface area contributed by atoms with Gasteiger partial charge in [0.25, 0.3) is 5.91 Å². The highest BCUT2D eigenvalue weighted by molar-refractivity contribution is 5.97. The third kappa shape index (κ3) is 6.29. The average molecular weight is 354 g/mol. The highest BCUT2D eigenvalue weighted by Gasteiger charge is 2.22. The number of nitrogens with one attached hydrogen (secondary N) is 3. The molecule has 0 saturated heterocycles. The molecule has 2 amide bonds. The zero-order valence-electron chi connectivity index (χ0n) is 15.2. The number of likely N-dealkylation sites (N-methyl/N-ethyl adjacent to an activating group) is 1. The number of amides is 2. The van der Waals surface area contributed by atoms with E-state index >= 15 is 0 Å². The summed E-state index contributed by atoms with van der Waals surface area (Å²) in [4.78, 5) is 29.2. The van der Waals surface area contributed by atoms with E-state index in [0.717, 1.165) is 12.1 Å². The van der Waals surface area contributed by atoms with Crippen LogP contribution in [0.4, 0.5) is 0 Å². The summed E-state index contributed by atoms with van der Waals surface area (Å²) in [5, 5.41) is 8.99. The van der Waals surface area contributed by atoms with Crippen LogP contribution in [0.1, 0.15) is 29.8 Å². The average Bonchev–Trinajstić information content (AvgIpc) is 2.67. The topological polar surface area (TPSA) is 83.1 Å². The van der Waals surface area contributed by atoms with Crippen molar-refractivity contribution in [2.45, 2.75) is 32.4 Å². The number of aromatic nitrogens is 1. The Hall–Kier alpha value is -2.73. The van der Waals surface area contributed by atoms with E-state index in [1.165, 1.54) is 0 Å². The van der Waals surface area contributed by atoms with Crippen LogP contribution in [0.15, 0.2) is 54.9 Å². The van der Waals surface area contributed by atoms with Crippen LogP contribution in [0.25, 0.3) is 0 Å². The smallest absolute Gasteiger partial charge is 0.251 e. The summed E-state index contributed by atoms with van der Waals surface area (Å²) in [6.07, 6.45) is 3.77. The molecule has 1 aromatic heterocycles. The van der Waals surface area contributed by atoms with Gasteiger partial charge < -0.3 is 16.0 Å². The maximum atomic E-state index is 12.6. The van der Waals surface area contributed by atoms with Crippen LogP contribution in [0.2, 0.25) is 0 Å². The molecule has 6 nitrogen and oxygen atoms in total. The van der Waals surface area contributed by atoms with Crippen molar-refractivity contribution >= 4 is 11.8 Å². The normalized spacial score (nSPS) is 12.8. The van der Waals surface area contributed by atoms with E-state index in [9.17, 15) is 9.59 Å². The zero-order chi connectivity index (χ0) is 18.8. The fourth-order valence-electron chi connectivity index (χ4n) is 2.59. The maximum Gasteiger partial charge on any atom is 0.251 e. The Morgan fingerprint density at radius 3 is 2.54 bits per heavy atom. The number of nitrogens with zero attached hydrogens (tertiary/aromatic N) is 1. The van der Waals surface area contributed by atoms with Crippen LogP contribution in [-0.4, -0.2) is 42.0 Å². The van der Waals surface area contributed by atoms with Crippen LogP contribution < -0.4 is 16.0 Å². The molecular weight excluding hydrogens is 328 g/mol. The largest absolute Gasteiger partial charge is 0.353 e. The van der Waals surface area contributed by atoms with E-state index in [1.54, 1.807) is 36.7 Å². The van der Waals surface area contributed by atoms with Gasteiger partial charge in [-0.05, 0) is 37.2 Å². The number of hydrogen-bond acceptors (Lipinski definition) is 4. The van der Waals surface area contributed by atoms with E-state index in [0.29, 0.717) is 18.5 Å². The van der Waals surface area contributed by atoms with Gasteiger partial charge in [0.15, 0.2) is 0 Å². The van der Waals surface area contributed by atoms with Crippen LogP contribution in [-0.2, 0) is 11.2 Å². The molecule has 6 heteroatoms. The molecule has 1 unspecified atom stereocenters.